The third-order valence-electron chi connectivity index (χ3n) is 12.9. The summed E-state index contributed by atoms with van der Waals surface area (Å²) in [6, 6.07) is 23.3. The fourth-order valence-electron chi connectivity index (χ4n) is 9.80. The molecule has 4 aromatic rings. The van der Waals surface area contributed by atoms with Gasteiger partial charge in [-0.2, -0.15) is 0 Å². The first-order chi connectivity index (χ1) is 33.1. The molecule has 2 aliphatic carbocycles. The van der Waals surface area contributed by atoms with Crippen molar-refractivity contribution in [2.45, 2.75) is 82.3 Å². The fraction of sp³-hybridized carbons (Fsp3) is 0.377. The van der Waals surface area contributed by atoms with Crippen LogP contribution in [0.15, 0.2) is 133 Å². The second-order valence-corrected chi connectivity index (χ2v) is 17.2. The molecule has 4 aromatic carbocycles. The number of nitrogens with zero attached hydrogens (tertiary/aromatic N) is 3. The highest BCUT2D eigenvalue weighted by molar-refractivity contribution is 6.03. The summed E-state index contributed by atoms with van der Waals surface area (Å²) in [6.45, 7) is 7.83. The van der Waals surface area contributed by atoms with Gasteiger partial charge in [0.05, 0.1) is 29.8 Å². The van der Waals surface area contributed by atoms with Crippen LogP contribution in [-0.2, 0) is 27.5 Å². The Morgan fingerprint density at radius 2 is 1.68 bits per heavy atom. The molecule has 7 rings (SSSR count). The summed E-state index contributed by atoms with van der Waals surface area (Å²) in [5.41, 5.74) is 3.75. The SMILES string of the molecule is C=CCCOC(=O)N(Cc1ccc(F)cc1)[C@H]1CC(=NOCc2ccc([N+](=O)[O-])cc2)C2=C[C@H](CCCCO)[C@@H](CCCCO)[C@@H]3c4cc(Oc5cccc(C=O)c5)ccc4O[C@@]1(OCC=C)[C@H]23. The number of amides is 1. The first-order valence-corrected chi connectivity index (χ1v) is 23.1. The van der Waals surface area contributed by atoms with Crippen molar-refractivity contribution in [3.63, 3.8) is 0 Å². The predicted molar refractivity (Wildman–Crippen MR) is 253 cm³/mol. The second kappa shape index (κ2) is 23.4. The zero-order valence-corrected chi connectivity index (χ0v) is 38.0. The van der Waals surface area contributed by atoms with E-state index < -0.39 is 40.5 Å². The Morgan fingerprint density at radius 3 is 2.38 bits per heavy atom. The lowest BCUT2D eigenvalue weighted by Crippen LogP contribution is -2.70. The number of unbranched alkanes of at least 4 members (excludes halogenated alkanes) is 2. The number of nitro benzene ring substituents is 1. The van der Waals surface area contributed by atoms with Crippen LogP contribution in [0.1, 0.15) is 84.3 Å². The molecule has 0 aromatic heterocycles. The van der Waals surface area contributed by atoms with Gasteiger partial charge in [0.25, 0.3) is 5.69 Å². The molecule has 0 spiro atoms. The molecule has 1 saturated carbocycles. The maximum atomic E-state index is 14.7. The van der Waals surface area contributed by atoms with Gasteiger partial charge in [0.15, 0.2) is 0 Å². The number of rotatable bonds is 24. The minimum Gasteiger partial charge on any atom is -0.459 e. The summed E-state index contributed by atoms with van der Waals surface area (Å²) in [6.07, 6.45) is 9.99. The number of non-ortho nitro benzene ring substituents is 1. The Morgan fingerprint density at radius 1 is 0.941 bits per heavy atom. The lowest BCUT2D eigenvalue weighted by atomic mass is 9.55. The molecular weight excluding hydrogens is 874 g/mol. The lowest BCUT2D eigenvalue weighted by molar-refractivity contribution is -0.384. The summed E-state index contributed by atoms with van der Waals surface area (Å²) in [5, 5.41) is 36.2. The Kier molecular flexibility index (Phi) is 16.9. The summed E-state index contributed by atoms with van der Waals surface area (Å²) >= 11 is 0. The highest BCUT2D eigenvalue weighted by Gasteiger charge is 2.65. The Bertz CT molecular complexity index is 2460. The van der Waals surface area contributed by atoms with Crippen LogP contribution in [0.4, 0.5) is 14.9 Å². The summed E-state index contributed by atoms with van der Waals surface area (Å²) in [5.74, 6) is -1.84. The van der Waals surface area contributed by atoms with Gasteiger partial charge in [-0.25, -0.2) is 9.18 Å². The van der Waals surface area contributed by atoms with Gasteiger partial charge in [-0.05, 0) is 115 Å². The van der Waals surface area contributed by atoms with E-state index in [1.54, 1.807) is 71.6 Å². The number of allylic oxidation sites excluding steroid dienone is 1. The first-order valence-electron chi connectivity index (χ1n) is 23.1. The van der Waals surface area contributed by atoms with Gasteiger partial charge in [0.1, 0.15) is 42.0 Å². The van der Waals surface area contributed by atoms with Crippen molar-refractivity contribution in [3.05, 3.63) is 166 Å². The number of aldehydes is 1. The molecule has 15 heteroatoms. The van der Waals surface area contributed by atoms with Gasteiger partial charge < -0.3 is 34.0 Å². The molecular formula is C53H58FN3O11. The number of hydrogen-bond donors (Lipinski definition) is 2. The van der Waals surface area contributed by atoms with E-state index in [1.165, 1.54) is 24.3 Å². The van der Waals surface area contributed by atoms with Gasteiger partial charge >= 0.3 is 6.09 Å². The van der Waals surface area contributed by atoms with Gasteiger partial charge in [0.2, 0.25) is 5.79 Å². The molecule has 1 fully saturated rings. The highest BCUT2D eigenvalue weighted by atomic mass is 19.1. The van der Waals surface area contributed by atoms with E-state index in [2.05, 4.69) is 19.2 Å². The van der Waals surface area contributed by atoms with Crippen LogP contribution in [0, 0.1) is 33.7 Å². The van der Waals surface area contributed by atoms with Crippen molar-refractivity contribution in [2.24, 2.45) is 22.9 Å². The van der Waals surface area contributed by atoms with Crippen LogP contribution in [0.3, 0.4) is 0 Å². The number of carbonyl (C=O) groups excluding carboxylic acids is 2. The van der Waals surface area contributed by atoms with Crippen LogP contribution in [0.25, 0.3) is 0 Å². The molecule has 0 unspecified atom stereocenters. The number of halogens is 1. The van der Waals surface area contributed by atoms with Gasteiger partial charge in [-0.3, -0.25) is 19.8 Å². The van der Waals surface area contributed by atoms with Crippen molar-refractivity contribution >= 4 is 23.8 Å². The first kappa shape index (κ1) is 49.2. The van der Waals surface area contributed by atoms with Crippen molar-refractivity contribution in [1.82, 2.24) is 4.90 Å². The summed E-state index contributed by atoms with van der Waals surface area (Å²) in [7, 11) is 0. The van der Waals surface area contributed by atoms with Gasteiger partial charge in [-0.1, -0.05) is 60.5 Å². The molecule has 0 bridgehead atoms. The molecule has 2 N–H and O–H groups in total. The normalized spacial score (nSPS) is 21.8. The van der Waals surface area contributed by atoms with Gasteiger partial charge in [0, 0.05) is 55.4 Å². The molecule has 1 amide bonds. The smallest absolute Gasteiger partial charge is 0.410 e. The van der Waals surface area contributed by atoms with E-state index in [1.807, 2.05) is 12.1 Å². The van der Waals surface area contributed by atoms with Crippen LogP contribution in [0.2, 0.25) is 0 Å². The minimum absolute atomic E-state index is 0.0122. The number of fused-ring (bicyclic) bond motifs is 2. The molecule has 14 nitrogen and oxygen atoms in total. The lowest BCUT2D eigenvalue weighted by Gasteiger charge is -2.59. The molecule has 6 atom stereocenters. The Balaban J connectivity index is 1.45. The maximum absolute atomic E-state index is 14.7. The topological polar surface area (TPSA) is 179 Å². The predicted octanol–water partition coefficient (Wildman–Crippen LogP) is 10.4. The molecule has 1 heterocycles. The minimum atomic E-state index is -1.63. The Hall–Kier alpha value is -6.68. The van der Waals surface area contributed by atoms with Crippen molar-refractivity contribution in [3.8, 4) is 17.2 Å². The number of nitro groups is 1. The van der Waals surface area contributed by atoms with E-state index in [0.717, 1.165) is 30.3 Å². The van der Waals surface area contributed by atoms with Crippen molar-refractivity contribution in [2.75, 3.05) is 26.4 Å². The number of aliphatic hydroxyl groups is 2. The van der Waals surface area contributed by atoms with Crippen LogP contribution in [0.5, 0.6) is 17.2 Å². The molecule has 68 heavy (non-hydrogen) atoms. The third kappa shape index (κ3) is 11.4. The van der Waals surface area contributed by atoms with E-state index in [0.29, 0.717) is 71.8 Å². The molecule has 358 valence electrons. The van der Waals surface area contributed by atoms with Gasteiger partial charge in [-0.15, -0.1) is 13.2 Å². The van der Waals surface area contributed by atoms with Crippen molar-refractivity contribution in [1.29, 1.82) is 0 Å². The van der Waals surface area contributed by atoms with Crippen LogP contribution >= 0.6 is 0 Å². The maximum Gasteiger partial charge on any atom is 0.410 e. The van der Waals surface area contributed by atoms with E-state index in [-0.39, 0.29) is 63.5 Å². The third-order valence-corrected chi connectivity index (χ3v) is 12.9. The second-order valence-electron chi connectivity index (χ2n) is 17.2. The number of benzene rings is 4. The molecule has 3 aliphatic rings. The van der Waals surface area contributed by atoms with E-state index >= 15 is 0 Å². The number of aliphatic hydroxyl groups excluding tert-OH is 2. The monoisotopic (exact) mass is 931 g/mol. The largest absolute Gasteiger partial charge is 0.459 e. The highest BCUT2D eigenvalue weighted by Crippen LogP contribution is 2.62. The standard InChI is InChI=1S/C53H58FN3O11/c1-3-5-28-64-52(61)56(33-36-15-19-40(54)20-16-36)49-32-47(55-66-35-37-17-21-41(22-18-37)57(62)63)45-30-39(12-6-8-25-58)44(14-7-9-26-59)50-46-31-43(67-42-13-10-11-38(29-42)34-60)23-24-48(46)68-53(49,51(45)50)65-27-4-2/h3-4,10-11,13,15-24,29-31,34,39,44,49-51,58-59H,1-2,5-9,12,14,25-28,32-33,35H2/t39-,44+,49-,50+,51+,53+/m0/s1. The number of ether oxygens (including phenoxy) is 4. The van der Waals surface area contributed by atoms with E-state index in [4.69, 9.17) is 28.9 Å². The van der Waals surface area contributed by atoms with Crippen LogP contribution in [-0.4, -0.2) is 76.4 Å². The zero-order chi connectivity index (χ0) is 48.0. The van der Waals surface area contributed by atoms with E-state index in [9.17, 15) is 34.3 Å². The quantitative estimate of drug-likeness (QED) is 0.0224. The zero-order valence-electron chi connectivity index (χ0n) is 38.0. The summed E-state index contributed by atoms with van der Waals surface area (Å²) in [4.78, 5) is 45.0. The fourth-order valence-corrected chi connectivity index (χ4v) is 9.80. The molecule has 0 saturated heterocycles. The average molecular weight is 932 g/mol. The average Bonchev–Trinajstić information content (AvgIpc) is 3.35. The number of oxime groups is 1. The molecule has 1 aliphatic heterocycles. The number of carbonyl (C=O) groups is 2. The summed E-state index contributed by atoms with van der Waals surface area (Å²) < 4.78 is 41.1. The molecule has 0 radical (unpaired) electrons. The number of hydrogen-bond acceptors (Lipinski definition) is 12. The Labute approximate surface area is 395 Å². The van der Waals surface area contributed by atoms with Crippen molar-refractivity contribution < 1.29 is 52.9 Å². The van der Waals surface area contributed by atoms with Crippen LogP contribution < -0.4 is 9.47 Å².